The Balaban J connectivity index is 2.72. The molecular weight excluding hydrogens is 616 g/mol. The number of ether oxygens (including phenoxy) is 2. The lowest BCUT2D eigenvalue weighted by molar-refractivity contribution is -0.159. The third-order valence-corrected chi connectivity index (χ3v) is 6.99. The molecule has 5 N–H and O–H groups in total. The maximum Gasteiger partial charge on any atom is 0.408 e. The van der Waals surface area contributed by atoms with Crippen molar-refractivity contribution in [1.82, 2.24) is 15.5 Å². The van der Waals surface area contributed by atoms with Gasteiger partial charge in [-0.3, -0.25) is 14.4 Å². The zero-order valence-corrected chi connectivity index (χ0v) is 29.8. The van der Waals surface area contributed by atoms with Crippen LogP contribution < -0.4 is 16.4 Å². The lowest BCUT2D eigenvalue weighted by atomic mass is 9.92. The predicted octanol–water partition coefficient (Wildman–Crippen LogP) is 4.60. The summed E-state index contributed by atoms with van der Waals surface area (Å²) in [6.45, 7) is 16.8. The van der Waals surface area contributed by atoms with Gasteiger partial charge in [-0.15, -0.1) is 0 Å². The first-order chi connectivity index (χ1) is 22.0. The molecule has 12 heteroatoms. The van der Waals surface area contributed by atoms with E-state index < -0.39 is 64.7 Å². The van der Waals surface area contributed by atoms with Crippen molar-refractivity contribution in [1.29, 1.82) is 0 Å². The minimum Gasteiger partial charge on any atom is -0.507 e. The van der Waals surface area contributed by atoms with Crippen molar-refractivity contribution in [2.75, 3.05) is 0 Å². The van der Waals surface area contributed by atoms with Crippen LogP contribution in [-0.4, -0.2) is 68.6 Å². The number of phenols is 1. The summed E-state index contributed by atoms with van der Waals surface area (Å²) in [6, 6.07) is 9.83. The van der Waals surface area contributed by atoms with Crippen molar-refractivity contribution < 1.29 is 38.6 Å². The van der Waals surface area contributed by atoms with Gasteiger partial charge in [-0.2, -0.15) is 0 Å². The van der Waals surface area contributed by atoms with Gasteiger partial charge in [0.15, 0.2) is 0 Å². The number of rotatable bonds is 12. The van der Waals surface area contributed by atoms with Crippen molar-refractivity contribution >= 4 is 29.8 Å². The molecule has 0 fully saturated rings. The Morgan fingerprint density at radius 3 is 1.92 bits per heavy atom. The van der Waals surface area contributed by atoms with Gasteiger partial charge in [-0.05, 0) is 86.8 Å². The average molecular weight is 669 g/mol. The predicted molar refractivity (Wildman–Crippen MR) is 182 cm³/mol. The molecule has 0 aromatic heterocycles. The van der Waals surface area contributed by atoms with E-state index in [0.717, 1.165) is 5.56 Å². The number of hydrogen-bond acceptors (Lipinski definition) is 8. The van der Waals surface area contributed by atoms with E-state index in [1.165, 1.54) is 11.0 Å². The molecule has 264 valence electrons. The highest BCUT2D eigenvalue weighted by Gasteiger charge is 2.44. The topological polar surface area (TPSA) is 177 Å². The van der Waals surface area contributed by atoms with Gasteiger partial charge in [-0.1, -0.05) is 48.5 Å². The molecular formula is C36H52N4O8. The van der Waals surface area contributed by atoms with Crippen LogP contribution >= 0.6 is 0 Å². The van der Waals surface area contributed by atoms with Gasteiger partial charge in [0.1, 0.15) is 35.1 Å². The summed E-state index contributed by atoms with van der Waals surface area (Å²) >= 11 is 0. The molecule has 0 bridgehead atoms. The minimum absolute atomic E-state index is 0.0823. The third-order valence-electron chi connectivity index (χ3n) is 6.99. The molecule has 4 amide bonds. The summed E-state index contributed by atoms with van der Waals surface area (Å²) in [6.07, 6.45) is -1.28. The summed E-state index contributed by atoms with van der Waals surface area (Å²) in [5.74, 6) is -3.14. The monoisotopic (exact) mass is 668 g/mol. The Bertz CT molecular complexity index is 1460. The Morgan fingerprint density at radius 2 is 1.40 bits per heavy atom. The standard InChI is InChI=1S/C36H52N4O8/c1-22-15-14-18-24(29(22)42)28(30(43)38-26(32(45)47-35(5,6)7)21-23-16-12-11-13-17-23)40(34(2,3)4)31(44)25(19-20-27(37)41)39-33(46)48-36(8,9)10/h11-18,25-26,28,42H,19-21H2,1-10H3,(H2,37,41)(H,38,43)(H,39,46). The van der Waals surface area contributed by atoms with Crippen LogP contribution in [0.15, 0.2) is 48.5 Å². The largest absolute Gasteiger partial charge is 0.507 e. The zero-order chi connectivity index (χ0) is 36.6. The summed E-state index contributed by atoms with van der Waals surface area (Å²) in [4.78, 5) is 68.5. The van der Waals surface area contributed by atoms with Gasteiger partial charge in [0.2, 0.25) is 17.7 Å². The SMILES string of the molecule is Cc1cccc(C(C(=O)NC(Cc2ccccc2)C(=O)OC(C)(C)C)N(C(=O)C(CCC(N)=O)NC(=O)OC(C)(C)C)C(C)(C)C)c1O. The molecule has 2 aromatic carbocycles. The fourth-order valence-corrected chi connectivity index (χ4v) is 4.97. The van der Waals surface area contributed by atoms with Crippen molar-refractivity contribution in [3.63, 3.8) is 0 Å². The lowest BCUT2D eigenvalue weighted by Gasteiger charge is -2.43. The van der Waals surface area contributed by atoms with Crippen molar-refractivity contribution in [3.05, 3.63) is 65.2 Å². The van der Waals surface area contributed by atoms with Crippen LogP contribution in [0.4, 0.5) is 4.79 Å². The molecule has 0 saturated carbocycles. The number of aromatic hydroxyl groups is 1. The number of carbonyl (C=O) groups is 5. The number of nitrogens with one attached hydrogen (secondary N) is 2. The number of benzene rings is 2. The van der Waals surface area contributed by atoms with Crippen LogP contribution in [0.5, 0.6) is 5.75 Å². The van der Waals surface area contributed by atoms with Crippen LogP contribution in [0, 0.1) is 6.92 Å². The van der Waals surface area contributed by atoms with Gasteiger partial charge >= 0.3 is 12.1 Å². The van der Waals surface area contributed by atoms with Crippen molar-refractivity contribution in [3.8, 4) is 5.75 Å². The van der Waals surface area contributed by atoms with E-state index in [0.29, 0.717) is 5.56 Å². The highest BCUT2D eigenvalue weighted by molar-refractivity contribution is 5.95. The first kappa shape index (κ1) is 39.6. The number of nitrogens with zero attached hydrogens (tertiary/aromatic N) is 1. The Labute approximate surface area is 283 Å². The molecule has 48 heavy (non-hydrogen) atoms. The highest BCUT2D eigenvalue weighted by Crippen LogP contribution is 2.36. The summed E-state index contributed by atoms with van der Waals surface area (Å²) in [5, 5.41) is 16.6. The summed E-state index contributed by atoms with van der Waals surface area (Å²) in [5.41, 5.74) is 3.82. The van der Waals surface area contributed by atoms with E-state index in [4.69, 9.17) is 15.2 Å². The van der Waals surface area contributed by atoms with E-state index in [1.807, 2.05) is 18.2 Å². The number of primary amides is 1. The van der Waals surface area contributed by atoms with E-state index in [9.17, 15) is 29.1 Å². The molecule has 0 spiro atoms. The number of nitrogens with two attached hydrogens (primary N) is 1. The number of esters is 1. The molecule has 0 heterocycles. The second-order valence-electron chi connectivity index (χ2n) is 14.8. The number of amides is 4. The number of phenolic OH excluding ortho intramolecular Hbond substituents is 1. The Morgan fingerprint density at radius 1 is 0.812 bits per heavy atom. The molecule has 3 unspecified atom stereocenters. The first-order valence-electron chi connectivity index (χ1n) is 16.0. The van der Waals surface area contributed by atoms with Crippen LogP contribution in [0.2, 0.25) is 0 Å². The number of aryl methyl sites for hydroxylation is 1. The van der Waals surface area contributed by atoms with Crippen LogP contribution in [0.25, 0.3) is 0 Å². The average Bonchev–Trinajstić information content (AvgIpc) is 2.92. The van der Waals surface area contributed by atoms with E-state index >= 15 is 0 Å². The molecule has 0 radical (unpaired) electrons. The smallest absolute Gasteiger partial charge is 0.408 e. The van der Waals surface area contributed by atoms with Gasteiger partial charge in [0, 0.05) is 23.9 Å². The van der Waals surface area contributed by atoms with Gasteiger partial charge in [-0.25, -0.2) is 9.59 Å². The normalized spacial score (nSPS) is 13.8. The Hall–Kier alpha value is -4.61. The van der Waals surface area contributed by atoms with Crippen molar-refractivity contribution in [2.24, 2.45) is 5.73 Å². The third kappa shape index (κ3) is 12.2. The van der Waals surface area contributed by atoms with Gasteiger partial charge in [0.05, 0.1) is 0 Å². The Kier molecular flexibility index (Phi) is 13.2. The molecule has 0 aliphatic rings. The number of hydrogen-bond donors (Lipinski definition) is 4. The molecule has 3 atom stereocenters. The first-order valence-corrected chi connectivity index (χ1v) is 16.0. The second-order valence-corrected chi connectivity index (χ2v) is 14.8. The maximum atomic E-state index is 14.6. The number of alkyl carbamates (subject to hydrolysis) is 1. The molecule has 0 aliphatic heterocycles. The molecule has 2 aromatic rings. The maximum absolute atomic E-state index is 14.6. The zero-order valence-electron chi connectivity index (χ0n) is 29.8. The second kappa shape index (κ2) is 16.0. The molecule has 0 aliphatic carbocycles. The molecule has 0 saturated heterocycles. The van der Waals surface area contributed by atoms with Crippen LogP contribution in [0.1, 0.15) is 97.9 Å². The van der Waals surface area contributed by atoms with Crippen molar-refractivity contribution in [2.45, 2.75) is 123 Å². The fourth-order valence-electron chi connectivity index (χ4n) is 4.97. The van der Waals surface area contributed by atoms with Gasteiger partial charge in [0.25, 0.3) is 0 Å². The molecule has 12 nitrogen and oxygen atoms in total. The summed E-state index contributed by atoms with van der Waals surface area (Å²) in [7, 11) is 0. The van der Waals surface area contributed by atoms with E-state index in [-0.39, 0.29) is 30.6 Å². The fraction of sp³-hybridized carbons (Fsp3) is 0.528. The van der Waals surface area contributed by atoms with E-state index in [2.05, 4.69) is 10.6 Å². The number of carbonyl (C=O) groups excluding carboxylic acids is 5. The number of para-hydroxylation sites is 1. The lowest BCUT2D eigenvalue weighted by Crippen LogP contribution is -2.59. The quantitative estimate of drug-likeness (QED) is 0.237. The molecule has 2 rings (SSSR count). The van der Waals surface area contributed by atoms with E-state index in [1.54, 1.807) is 93.5 Å². The van der Waals surface area contributed by atoms with Gasteiger partial charge < -0.3 is 35.8 Å². The highest BCUT2D eigenvalue weighted by atomic mass is 16.6. The van der Waals surface area contributed by atoms with Crippen LogP contribution in [-0.2, 0) is 35.1 Å². The minimum atomic E-state index is -1.50. The van der Waals surface area contributed by atoms with Crippen LogP contribution in [0.3, 0.4) is 0 Å². The summed E-state index contributed by atoms with van der Waals surface area (Å²) < 4.78 is 11.0.